The lowest BCUT2D eigenvalue weighted by Crippen LogP contribution is -2.02. The highest BCUT2D eigenvalue weighted by atomic mass is 16.4. The van der Waals surface area contributed by atoms with Gasteiger partial charge in [-0.15, -0.1) is 0 Å². The highest BCUT2D eigenvalue weighted by Gasteiger charge is 2.11. The average molecular weight is 372 g/mol. The summed E-state index contributed by atoms with van der Waals surface area (Å²) in [5.41, 5.74) is 2.06. The first-order valence-corrected chi connectivity index (χ1v) is 8.20. The molecule has 0 aliphatic carbocycles. The molecule has 0 amide bonds. The normalized spacial score (nSPS) is 10.7. The van der Waals surface area contributed by atoms with E-state index in [4.69, 9.17) is 10.2 Å². The number of aromatic carboxylic acids is 2. The molecule has 4 aromatic heterocycles. The van der Waals surface area contributed by atoms with Crippen LogP contribution >= 0.6 is 0 Å². The van der Waals surface area contributed by atoms with E-state index in [1.165, 1.54) is 12.1 Å². The minimum absolute atomic E-state index is 0.0733. The number of carboxylic acids is 2. The predicted octanol–water partition coefficient (Wildman–Crippen LogP) is 3.15. The number of carboxylic acid groups (broad SMARTS) is 2. The molecule has 0 aliphatic rings. The number of fused-ring (bicyclic) bond motifs is 1. The largest absolute Gasteiger partial charge is 0.477 e. The molecule has 4 aromatic rings. The summed E-state index contributed by atoms with van der Waals surface area (Å²) < 4.78 is 0. The van der Waals surface area contributed by atoms with E-state index in [9.17, 15) is 9.59 Å². The molecule has 28 heavy (non-hydrogen) atoms. The Balaban J connectivity index is 1.79. The maximum absolute atomic E-state index is 11.1. The van der Waals surface area contributed by atoms with Gasteiger partial charge in [0.25, 0.3) is 0 Å². The van der Waals surface area contributed by atoms with Crippen molar-refractivity contribution in [3.8, 4) is 22.8 Å². The Bertz CT molecular complexity index is 1150. The Labute approximate surface area is 158 Å². The second kappa shape index (κ2) is 6.84. The van der Waals surface area contributed by atoms with Gasteiger partial charge in [-0.05, 0) is 48.5 Å². The minimum Gasteiger partial charge on any atom is -0.477 e. The van der Waals surface area contributed by atoms with Crippen LogP contribution in [-0.4, -0.2) is 42.1 Å². The lowest BCUT2D eigenvalue weighted by Gasteiger charge is -2.06. The van der Waals surface area contributed by atoms with Gasteiger partial charge in [-0.3, -0.25) is 0 Å². The Morgan fingerprint density at radius 3 is 1.43 bits per heavy atom. The van der Waals surface area contributed by atoms with Crippen LogP contribution in [0.4, 0.5) is 0 Å². The molecule has 2 N–H and O–H groups in total. The summed E-state index contributed by atoms with van der Waals surface area (Å²) in [5.74, 6) is -2.24. The zero-order valence-electron chi connectivity index (χ0n) is 14.3. The number of nitrogens with zero attached hydrogens (tertiary/aromatic N) is 4. The van der Waals surface area contributed by atoms with Gasteiger partial charge in [-0.2, -0.15) is 0 Å². The van der Waals surface area contributed by atoms with Gasteiger partial charge in [-0.1, -0.05) is 12.1 Å². The van der Waals surface area contributed by atoms with Crippen molar-refractivity contribution in [2.24, 2.45) is 0 Å². The molecule has 0 spiro atoms. The number of rotatable bonds is 4. The number of hydrogen-bond donors (Lipinski definition) is 2. The van der Waals surface area contributed by atoms with Gasteiger partial charge in [0.05, 0.1) is 22.8 Å². The van der Waals surface area contributed by atoms with Crippen LogP contribution in [0, 0.1) is 0 Å². The van der Waals surface area contributed by atoms with E-state index in [1.807, 2.05) is 12.1 Å². The van der Waals surface area contributed by atoms with E-state index in [0.717, 1.165) is 5.39 Å². The smallest absolute Gasteiger partial charge is 0.354 e. The highest BCUT2D eigenvalue weighted by Crippen LogP contribution is 2.22. The van der Waals surface area contributed by atoms with E-state index in [-0.39, 0.29) is 11.4 Å². The molecule has 4 heterocycles. The van der Waals surface area contributed by atoms with Crippen LogP contribution in [0.15, 0.2) is 60.7 Å². The summed E-state index contributed by atoms with van der Waals surface area (Å²) in [5, 5.41) is 19.0. The molecule has 8 heteroatoms. The van der Waals surface area contributed by atoms with E-state index in [2.05, 4.69) is 19.9 Å². The zero-order chi connectivity index (χ0) is 19.7. The lowest BCUT2D eigenvalue weighted by atomic mass is 10.1. The summed E-state index contributed by atoms with van der Waals surface area (Å²) >= 11 is 0. The van der Waals surface area contributed by atoms with Crippen molar-refractivity contribution in [3.05, 3.63) is 72.1 Å². The Morgan fingerprint density at radius 1 is 0.571 bits per heavy atom. The van der Waals surface area contributed by atoms with E-state index >= 15 is 0 Å². The SMILES string of the molecule is O=C(O)c1cccc(-c2ccc3ccc(-c4cccc(C(=O)O)n4)nc3n2)n1. The fourth-order valence-electron chi connectivity index (χ4n) is 2.68. The van der Waals surface area contributed by atoms with Crippen molar-refractivity contribution in [2.75, 3.05) is 0 Å². The monoisotopic (exact) mass is 372 g/mol. The fourth-order valence-corrected chi connectivity index (χ4v) is 2.68. The first-order valence-electron chi connectivity index (χ1n) is 8.20. The second-order valence-corrected chi connectivity index (χ2v) is 5.87. The average Bonchev–Trinajstić information content (AvgIpc) is 2.73. The van der Waals surface area contributed by atoms with Crippen LogP contribution in [0.1, 0.15) is 21.0 Å². The van der Waals surface area contributed by atoms with Crippen molar-refractivity contribution < 1.29 is 19.8 Å². The third-order valence-electron chi connectivity index (χ3n) is 4.01. The number of pyridine rings is 4. The number of aromatic nitrogens is 4. The molecule has 0 saturated heterocycles. The molecular formula is C20H12N4O4. The van der Waals surface area contributed by atoms with Crippen LogP contribution in [-0.2, 0) is 0 Å². The predicted molar refractivity (Wildman–Crippen MR) is 99.9 cm³/mol. The van der Waals surface area contributed by atoms with E-state index in [0.29, 0.717) is 28.4 Å². The molecule has 0 aliphatic heterocycles. The minimum atomic E-state index is -1.12. The Hall–Kier alpha value is -4.20. The van der Waals surface area contributed by atoms with Crippen LogP contribution in [0.5, 0.6) is 0 Å². The van der Waals surface area contributed by atoms with Crippen molar-refractivity contribution in [1.82, 2.24) is 19.9 Å². The Kier molecular flexibility index (Phi) is 4.21. The van der Waals surface area contributed by atoms with Gasteiger partial charge >= 0.3 is 11.9 Å². The van der Waals surface area contributed by atoms with E-state index < -0.39 is 11.9 Å². The molecule has 4 rings (SSSR count). The zero-order valence-corrected chi connectivity index (χ0v) is 14.3. The highest BCUT2D eigenvalue weighted by molar-refractivity contribution is 5.87. The standard InChI is InChI=1S/C20H12N4O4/c25-19(26)16-5-1-3-12(21-16)14-9-7-11-8-10-15(24-18(11)23-14)13-4-2-6-17(22-13)20(27)28/h1-10H,(H,25,26)(H,27,28). The molecule has 0 fully saturated rings. The third kappa shape index (κ3) is 3.26. The van der Waals surface area contributed by atoms with Gasteiger partial charge in [0.2, 0.25) is 0 Å². The first kappa shape index (κ1) is 17.2. The fraction of sp³-hybridized carbons (Fsp3) is 0. The van der Waals surface area contributed by atoms with Gasteiger partial charge in [0.1, 0.15) is 11.4 Å². The quantitative estimate of drug-likeness (QED) is 0.559. The van der Waals surface area contributed by atoms with Crippen molar-refractivity contribution in [2.45, 2.75) is 0 Å². The molecule has 0 aromatic carbocycles. The van der Waals surface area contributed by atoms with Crippen LogP contribution in [0.3, 0.4) is 0 Å². The molecule has 136 valence electrons. The molecule has 0 saturated carbocycles. The molecular weight excluding hydrogens is 360 g/mol. The number of hydrogen-bond acceptors (Lipinski definition) is 6. The third-order valence-corrected chi connectivity index (χ3v) is 4.01. The first-order chi connectivity index (χ1) is 13.5. The van der Waals surface area contributed by atoms with Crippen molar-refractivity contribution >= 4 is 23.0 Å². The van der Waals surface area contributed by atoms with E-state index in [1.54, 1.807) is 36.4 Å². The van der Waals surface area contributed by atoms with Gasteiger partial charge < -0.3 is 10.2 Å². The lowest BCUT2D eigenvalue weighted by molar-refractivity contribution is 0.0680. The summed E-state index contributed by atoms with van der Waals surface area (Å²) in [6, 6.07) is 16.4. The molecule has 0 atom stereocenters. The number of carbonyl (C=O) groups is 2. The van der Waals surface area contributed by atoms with Crippen LogP contribution in [0.2, 0.25) is 0 Å². The van der Waals surface area contributed by atoms with Crippen molar-refractivity contribution in [1.29, 1.82) is 0 Å². The van der Waals surface area contributed by atoms with Crippen LogP contribution < -0.4 is 0 Å². The summed E-state index contributed by atoms with van der Waals surface area (Å²) in [6.45, 7) is 0. The molecule has 8 nitrogen and oxygen atoms in total. The second-order valence-electron chi connectivity index (χ2n) is 5.87. The van der Waals surface area contributed by atoms with Gasteiger partial charge in [0.15, 0.2) is 5.65 Å². The maximum Gasteiger partial charge on any atom is 0.354 e. The molecule has 0 unspecified atom stereocenters. The molecule has 0 radical (unpaired) electrons. The Morgan fingerprint density at radius 2 is 1.00 bits per heavy atom. The summed E-state index contributed by atoms with van der Waals surface area (Å²) in [7, 11) is 0. The summed E-state index contributed by atoms with van der Waals surface area (Å²) in [4.78, 5) is 39.4. The van der Waals surface area contributed by atoms with Crippen LogP contribution in [0.25, 0.3) is 33.8 Å². The van der Waals surface area contributed by atoms with Crippen molar-refractivity contribution in [3.63, 3.8) is 0 Å². The van der Waals surface area contributed by atoms with Gasteiger partial charge in [0, 0.05) is 5.39 Å². The molecule has 0 bridgehead atoms. The van der Waals surface area contributed by atoms with Gasteiger partial charge in [-0.25, -0.2) is 29.5 Å². The summed E-state index contributed by atoms with van der Waals surface area (Å²) in [6.07, 6.45) is 0. The maximum atomic E-state index is 11.1. The topological polar surface area (TPSA) is 126 Å².